The maximum atomic E-state index is 11.9. The molecule has 0 atom stereocenters. The summed E-state index contributed by atoms with van der Waals surface area (Å²) >= 11 is 0. The van der Waals surface area contributed by atoms with Crippen LogP contribution in [0.1, 0.15) is 56.1 Å². The lowest BCUT2D eigenvalue weighted by atomic mass is 9.86. The standard InChI is InChI=1S/C20H28N2O4/c1-14-8-10-17(15(2)12-14)21-20(25)22-18(23)13-26-19(24)11-9-16-6-4-3-5-7-16/h8,10,12,16H,3-7,9,11,13H2,1-2H3,(H2,21,22,23,25). The molecule has 6 heteroatoms. The molecule has 1 fully saturated rings. The summed E-state index contributed by atoms with van der Waals surface area (Å²) in [6, 6.07) is 4.95. The zero-order valence-electron chi connectivity index (χ0n) is 15.6. The van der Waals surface area contributed by atoms with Crippen molar-refractivity contribution in [2.24, 2.45) is 5.92 Å². The van der Waals surface area contributed by atoms with E-state index in [0.717, 1.165) is 17.5 Å². The van der Waals surface area contributed by atoms with E-state index in [2.05, 4.69) is 10.6 Å². The Morgan fingerprint density at radius 1 is 1.12 bits per heavy atom. The first-order chi connectivity index (χ1) is 12.4. The second kappa shape index (κ2) is 9.94. The van der Waals surface area contributed by atoms with E-state index in [-0.39, 0.29) is 5.97 Å². The maximum absolute atomic E-state index is 11.9. The van der Waals surface area contributed by atoms with Gasteiger partial charge in [-0.1, -0.05) is 49.8 Å². The minimum atomic E-state index is -0.640. The van der Waals surface area contributed by atoms with Gasteiger partial charge in [-0.2, -0.15) is 0 Å². The first-order valence-corrected chi connectivity index (χ1v) is 9.28. The van der Waals surface area contributed by atoms with Crippen LogP contribution in [-0.4, -0.2) is 24.5 Å². The molecule has 1 saturated carbocycles. The number of ether oxygens (including phenoxy) is 1. The van der Waals surface area contributed by atoms with Gasteiger partial charge in [-0.05, 0) is 37.8 Å². The molecule has 0 radical (unpaired) electrons. The predicted molar refractivity (Wildman–Crippen MR) is 99.8 cm³/mol. The molecule has 1 aromatic rings. The normalized spacial score (nSPS) is 14.5. The van der Waals surface area contributed by atoms with Crippen molar-refractivity contribution in [3.8, 4) is 0 Å². The molecule has 0 unspecified atom stereocenters. The molecule has 0 bridgehead atoms. The Bertz CT molecular complexity index is 651. The lowest BCUT2D eigenvalue weighted by molar-refractivity contribution is -0.148. The van der Waals surface area contributed by atoms with Crippen LogP contribution in [0.4, 0.5) is 10.5 Å². The molecule has 0 heterocycles. The lowest BCUT2D eigenvalue weighted by Crippen LogP contribution is -2.37. The van der Waals surface area contributed by atoms with Crippen LogP contribution in [0.2, 0.25) is 0 Å². The van der Waals surface area contributed by atoms with Crippen molar-refractivity contribution in [2.45, 2.75) is 58.8 Å². The van der Waals surface area contributed by atoms with Crippen LogP contribution < -0.4 is 10.6 Å². The van der Waals surface area contributed by atoms with E-state index in [9.17, 15) is 14.4 Å². The number of carbonyl (C=O) groups excluding carboxylic acids is 3. The molecule has 0 aromatic heterocycles. The fourth-order valence-corrected chi connectivity index (χ4v) is 3.29. The summed E-state index contributed by atoms with van der Waals surface area (Å²) in [4.78, 5) is 35.3. The quantitative estimate of drug-likeness (QED) is 0.755. The van der Waals surface area contributed by atoms with Gasteiger partial charge in [0.2, 0.25) is 0 Å². The van der Waals surface area contributed by atoms with Gasteiger partial charge in [-0.15, -0.1) is 0 Å². The van der Waals surface area contributed by atoms with Crippen LogP contribution in [0, 0.1) is 19.8 Å². The van der Waals surface area contributed by atoms with E-state index in [1.165, 1.54) is 32.1 Å². The van der Waals surface area contributed by atoms with Gasteiger partial charge in [-0.3, -0.25) is 14.9 Å². The number of hydrogen-bond donors (Lipinski definition) is 2. The van der Waals surface area contributed by atoms with Crippen molar-refractivity contribution in [1.29, 1.82) is 0 Å². The molecule has 1 aromatic carbocycles. The highest BCUT2D eigenvalue weighted by Gasteiger charge is 2.16. The molecule has 0 spiro atoms. The topological polar surface area (TPSA) is 84.5 Å². The molecule has 2 N–H and O–H groups in total. The number of esters is 1. The molecule has 6 nitrogen and oxygen atoms in total. The molecular weight excluding hydrogens is 332 g/mol. The van der Waals surface area contributed by atoms with E-state index in [1.807, 2.05) is 26.0 Å². The Kier molecular flexibility index (Phi) is 7.63. The average Bonchev–Trinajstić information content (AvgIpc) is 2.61. The monoisotopic (exact) mass is 360 g/mol. The zero-order valence-corrected chi connectivity index (χ0v) is 15.6. The van der Waals surface area contributed by atoms with Crippen molar-refractivity contribution in [3.05, 3.63) is 29.3 Å². The van der Waals surface area contributed by atoms with Gasteiger partial charge in [0, 0.05) is 12.1 Å². The Labute approximate surface area is 154 Å². The van der Waals surface area contributed by atoms with Gasteiger partial charge >= 0.3 is 12.0 Å². The largest absolute Gasteiger partial charge is 0.456 e. The third-order valence-corrected chi connectivity index (χ3v) is 4.73. The van der Waals surface area contributed by atoms with Crippen molar-refractivity contribution >= 4 is 23.6 Å². The minimum absolute atomic E-state index is 0.326. The molecule has 26 heavy (non-hydrogen) atoms. The second-order valence-electron chi connectivity index (χ2n) is 7.02. The molecule has 0 aliphatic heterocycles. The fourth-order valence-electron chi connectivity index (χ4n) is 3.29. The number of urea groups is 1. The molecule has 2 rings (SSSR count). The van der Waals surface area contributed by atoms with Crippen molar-refractivity contribution < 1.29 is 19.1 Å². The Hall–Kier alpha value is -2.37. The van der Waals surface area contributed by atoms with Crippen molar-refractivity contribution in [3.63, 3.8) is 0 Å². The minimum Gasteiger partial charge on any atom is -0.456 e. The van der Waals surface area contributed by atoms with E-state index in [0.29, 0.717) is 18.0 Å². The summed E-state index contributed by atoms with van der Waals surface area (Å²) in [5, 5.41) is 4.78. The first kappa shape index (κ1) is 19.9. The number of anilines is 1. The number of benzene rings is 1. The Morgan fingerprint density at radius 3 is 2.54 bits per heavy atom. The van der Waals surface area contributed by atoms with Crippen molar-refractivity contribution in [2.75, 3.05) is 11.9 Å². The van der Waals surface area contributed by atoms with Crippen LogP contribution in [0.3, 0.4) is 0 Å². The molecule has 1 aliphatic carbocycles. The van der Waals surface area contributed by atoms with Gasteiger partial charge < -0.3 is 10.1 Å². The highest BCUT2D eigenvalue weighted by molar-refractivity contribution is 6.02. The number of amides is 3. The van der Waals surface area contributed by atoms with Crippen LogP contribution in [0.25, 0.3) is 0 Å². The second-order valence-corrected chi connectivity index (χ2v) is 7.02. The third kappa shape index (κ3) is 6.86. The molecule has 1 aliphatic rings. The Morgan fingerprint density at radius 2 is 1.85 bits per heavy atom. The zero-order chi connectivity index (χ0) is 18.9. The number of imide groups is 1. The van der Waals surface area contributed by atoms with Crippen LogP contribution >= 0.6 is 0 Å². The number of carbonyl (C=O) groups is 3. The summed E-state index contributed by atoms with van der Waals surface area (Å²) in [6.07, 6.45) is 7.24. The maximum Gasteiger partial charge on any atom is 0.325 e. The summed E-state index contributed by atoms with van der Waals surface area (Å²) in [7, 11) is 0. The summed E-state index contributed by atoms with van der Waals surface area (Å²) < 4.78 is 4.95. The summed E-state index contributed by atoms with van der Waals surface area (Å²) in [5.74, 6) is -0.438. The predicted octanol–water partition coefficient (Wildman–Crippen LogP) is 3.86. The van der Waals surface area contributed by atoms with E-state index in [4.69, 9.17) is 4.74 Å². The van der Waals surface area contributed by atoms with Gasteiger partial charge in [0.05, 0.1) is 0 Å². The highest BCUT2D eigenvalue weighted by atomic mass is 16.5. The Balaban J connectivity index is 1.65. The lowest BCUT2D eigenvalue weighted by Gasteiger charge is -2.20. The van der Waals surface area contributed by atoms with Gasteiger partial charge in [0.15, 0.2) is 6.61 Å². The van der Waals surface area contributed by atoms with Gasteiger partial charge in [0.25, 0.3) is 5.91 Å². The molecule has 142 valence electrons. The smallest absolute Gasteiger partial charge is 0.325 e. The van der Waals surface area contributed by atoms with Crippen LogP contribution in [-0.2, 0) is 14.3 Å². The fraction of sp³-hybridized carbons (Fsp3) is 0.550. The molecule has 0 saturated heterocycles. The van der Waals surface area contributed by atoms with E-state index in [1.54, 1.807) is 6.07 Å². The van der Waals surface area contributed by atoms with E-state index >= 15 is 0 Å². The molecule has 3 amide bonds. The van der Waals surface area contributed by atoms with Crippen LogP contribution in [0.15, 0.2) is 18.2 Å². The molecular formula is C20H28N2O4. The van der Waals surface area contributed by atoms with E-state index < -0.39 is 18.5 Å². The number of aryl methyl sites for hydroxylation is 2. The summed E-state index contributed by atoms with van der Waals surface area (Å²) in [5.41, 5.74) is 2.62. The van der Waals surface area contributed by atoms with Crippen molar-refractivity contribution in [1.82, 2.24) is 5.32 Å². The number of nitrogens with one attached hydrogen (secondary N) is 2. The average molecular weight is 360 g/mol. The number of hydrogen-bond acceptors (Lipinski definition) is 4. The van der Waals surface area contributed by atoms with Gasteiger partial charge in [0.1, 0.15) is 0 Å². The van der Waals surface area contributed by atoms with Gasteiger partial charge in [-0.25, -0.2) is 4.79 Å². The van der Waals surface area contributed by atoms with Crippen LogP contribution in [0.5, 0.6) is 0 Å². The third-order valence-electron chi connectivity index (χ3n) is 4.73. The number of rotatable bonds is 6. The SMILES string of the molecule is Cc1ccc(NC(=O)NC(=O)COC(=O)CCC2CCCCC2)c(C)c1. The first-order valence-electron chi connectivity index (χ1n) is 9.28. The highest BCUT2D eigenvalue weighted by Crippen LogP contribution is 2.27. The summed E-state index contributed by atoms with van der Waals surface area (Å²) in [6.45, 7) is 3.39.